The average Bonchev–Trinajstić information content (AvgIpc) is 2.78. The maximum Gasteiger partial charge on any atom is 0.230 e. The van der Waals surface area contributed by atoms with Crippen LogP contribution in [0.4, 0.5) is 11.9 Å². The fraction of sp³-hybridized carbons (Fsp3) is 0.240. The molecule has 0 aliphatic heterocycles. The van der Waals surface area contributed by atoms with Crippen molar-refractivity contribution in [3.8, 4) is 0 Å². The van der Waals surface area contributed by atoms with Crippen LogP contribution < -0.4 is 5.32 Å². The van der Waals surface area contributed by atoms with Gasteiger partial charge in [-0.2, -0.15) is 0 Å². The van der Waals surface area contributed by atoms with Crippen molar-refractivity contribution in [3.63, 3.8) is 0 Å². The van der Waals surface area contributed by atoms with Crippen LogP contribution in [0, 0.1) is 6.92 Å². The van der Waals surface area contributed by atoms with Gasteiger partial charge in [0.15, 0.2) is 5.78 Å². The molecule has 32 heavy (non-hydrogen) atoms. The molecule has 0 radical (unpaired) electrons. The number of ketones is 1. The van der Waals surface area contributed by atoms with Crippen molar-refractivity contribution in [2.24, 2.45) is 0 Å². The lowest BCUT2D eigenvalue weighted by Crippen LogP contribution is -2.21. The van der Waals surface area contributed by atoms with E-state index in [4.69, 9.17) is 11.6 Å². The van der Waals surface area contributed by atoms with Gasteiger partial charge < -0.3 is 0 Å². The number of carbonyl (C=O) groups is 1. The van der Waals surface area contributed by atoms with Gasteiger partial charge in [0.1, 0.15) is 0 Å². The third-order valence-electron chi connectivity index (χ3n) is 5.94. The molecule has 0 amide bonds. The van der Waals surface area contributed by atoms with Gasteiger partial charge in [0.2, 0.25) is 11.9 Å². The molecule has 0 unspecified atom stereocenters. The van der Waals surface area contributed by atoms with Crippen molar-refractivity contribution in [3.05, 3.63) is 81.8 Å². The molecule has 1 atom stereocenters. The van der Waals surface area contributed by atoms with Crippen molar-refractivity contribution < 1.29 is 4.79 Å². The molecule has 2 aromatic carbocycles. The summed E-state index contributed by atoms with van der Waals surface area (Å²) in [5.41, 5.74) is 5.37. The minimum atomic E-state index is 0.0448. The molecule has 1 N–H and O–H groups in total. The monoisotopic (exact) mass is 443 g/mol. The molecule has 0 spiro atoms. The average molecular weight is 444 g/mol. The van der Waals surface area contributed by atoms with Crippen LogP contribution in [0.5, 0.6) is 0 Å². The maximum atomic E-state index is 12.7. The minimum absolute atomic E-state index is 0.0448. The highest BCUT2D eigenvalue weighted by molar-refractivity contribution is 6.30. The summed E-state index contributed by atoms with van der Waals surface area (Å²) in [5, 5.41) is 4.82. The van der Waals surface area contributed by atoms with E-state index < -0.39 is 0 Å². The Morgan fingerprint density at radius 1 is 1.06 bits per heavy atom. The molecular weight excluding hydrogens is 422 g/mol. The molecule has 1 aliphatic carbocycles. The number of carbonyl (C=O) groups excluding carboxylic acids is 1. The topological polar surface area (TPSA) is 80.7 Å². The molecule has 160 valence electrons. The van der Waals surface area contributed by atoms with Crippen molar-refractivity contribution in [1.29, 1.82) is 0 Å². The van der Waals surface area contributed by atoms with E-state index in [-0.39, 0.29) is 11.7 Å². The minimum Gasteiger partial charge on any atom is -0.294 e. The number of benzene rings is 2. The number of aromatic nitrogens is 4. The number of hydrogen-bond acceptors (Lipinski definition) is 6. The number of nitrogens with one attached hydrogen (secondary N) is 1. The molecule has 2 heterocycles. The molecule has 0 bridgehead atoms. The summed E-state index contributed by atoms with van der Waals surface area (Å²) in [5.74, 6) is 0.913. The lowest BCUT2D eigenvalue weighted by atomic mass is 9.82. The summed E-state index contributed by atoms with van der Waals surface area (Å²) in [6, 6.07) is 13.9. The second-order valence-electron chi connectivity index (χ2n) is 8.10. The molecule has 0 saturated heterocycles. The Labute approximate surface area is 191 Å². The zero-order valence-corrected chi connectivity index (χ0v) is 18.6. The molecule has 1 aliphatic rings. The van der Waals surface area contributed by atoms with Crippen LogP contribution in [-0.4, -0.2) is 25.7 Å². The SMILES string of the molecule is CCc1ccc2nc(Nc3ncc4c(n3)C[C@@H](c3cccc(Cl)c3)CC4=O)nc(C)c2c1. The van der Waals surface area contributed by atoms with Crippen molar-refractivity contribution in [2.75, 3.05) is 5.32 Å². The Balaban J connectivity index is 1.44. The number of fused-ring (bicyclic) bond motifs is 2. The first kappa shape index (κ1) is 20.5. The van der Waals surface area contributed by atoms with E-state index in [9.17, 15) is 4.79 Å². The highest BCUT2D eigenvalue weighted by Crippen LogP contribution is 2.33. The van der Waals surface area contributed by atoms with E-state index in [2.05, 4.69) is 44.3 Å². The number of nitrogens with zero attached hydrogens (tertiary/aromatic N) is 4. The second kappa shape index (κ2) is 8.28. The Morgan fingerprint density at radius 3 is 2.75 bits per heavy atom. The Bertz CT molecular complexity index is 1350. The first-order chi connectivity index (χ1) is 15.5. The summed E-state index contributed by atoms with van der Waals surface area (Å²) in [6.45, 7) is 4.10. The summed E-state index contributed by atoms with van der Waals surface area (Å²) < 4.78 is 0. The molecule has 2 aromatic heterocycles. The first-order valence-corrected chi connectivity index (χ1v) is 11.1. The third-order valence-corrected chi connectivity index (χ3v) is 6.18. The van der Waals surface area contributed by atoms with Gasteiger partial charge in [-0.3, -0.25) is 10.1 Å². The maximum absolute atomic E-state index is 12.7. The Hall–Kier alpha value is -3.38. The fourth-order valence-electron chi connectivity index (χ4n) is 4.21. The predicted octanol–water partition coefficient (Wildman–Crippen LogP) is 5.60. The van der Waals surface area contributed by atoms with Crippen molar-refractivity contribution in [1.82, 2.24) is 19.9 Å². The summed E-state index contributed by atoms with van der Waals surface area (Å²) in [4.78, 5) is 30.9. The van der Waals surface area contributed by atoms with Gasteiger partial charge in [-0.1, -0.05) is 36.7 Å². The van der Waals surface area contributed by atoms with Crippen LogP contribution in [0.2, 0.25) is 5.02 Å². The predicted molar refractivity (Wildman–Crippen MR) is 126 cm³/mol. The number of aryl methyl sites for hydroxylation is 2. The highest BCUT2D eigenvalue weighted by Gasteiger charge is 2.28. The van der Waals surface area contributed by atoms with Crippen LogP contribution in [0.1, 0.15) is 52.1 Å². The van der Waals surface area contributed by atoms with Crippen LogP contribution in [-0.2, 0) is 12.8 Å². The van der Waals surface area contributed by atoms with E-state index in [1.807, 2.05) is 37.3 Å². The van der Waals surface area contributed by atoms with Crippen molar-refractivity contribution in [2.45, 2.75) is 39.0 Å². The zero-order chi connectivity index (χ0) is 22.2. The molecule has 6 nitrogen and oxygen atoms in total. The number of rotatable bonds is 4. The van der Waals surface area contributed by atoms with E-state index in [1.54, 1.807) is 6.20 Å². The van der Waals surface area contributed by atoms with Crippen LogP contribution >= 0.6 is 11.6 Å². The second-order valence-corrected chi connectivity index (χ2v) is 8.54. The number of anilines is 2. The van der Waals surface area contributed by atoms with Gasteiger partial charge in [-0.15, -0.1) is 0 Å². The molecular formula is C25H22ClN5O. The lowest BCUT2D eigenvalue weighted by molar-refractivity contribution is 0.0962. The standard InChI is InChI=1S/C25H22ClN5O/c1-3-15-7-8-21-19(9-15)14(2)28-25(29-21)31-24-27-13-20-22(30-24)11-17(12-23(20)32)16-5-4-6-18(26)10-16/h4-10,13,17H,3,11-12H2,1-2H3,(H,27,28,29,30,31)/t17-/m1/s1. The van der Waals surface area contributed by atoms with E-state index in [0.717, 1.165) is 34.3 Å². The van der Waals surface area contributed by atoms with Gasteiger partial charge in [0, 0.05) is 23.0 Å². The normalized spacial score (nSPS) is 15.6. The van der Waals surface area contributed by atoms with Gasteiger partial charge in [-0.05, 0) is 61.1 Å². The number of halogens is 1. The van der Waals surface area contributed by atoms with Crippen LogP contribution in [0.3, 0.4) is 0 Å². The van der Waals surface area contributed by atoms with Gasteiger partial charge in [-0.25, -0.2) is 19.9 Å². The Morgan fingerprint density at radius 2 is 1.94 bits per heavy atom. The van der Waals surface area contributed by atoms with E-state index in [1.165, 1.54) is 5.56 Å². The first-order valence-electron chi connectivity index (χ1n) is 10.7. The molecule has 5 rings (SSSR count). The van der Waals surface area contributed by atoms with E-state index >= 15 is 0 Å². The molecule has 0 fully saturated rings. The van der Waals surface area contributed by atoms with Crippen LogP contribution in [0.15, 0.2) is 48.7 Å². The van der Waals surface area contributed by atoms with Crippen molar-refractivity contribution >= 4 is 40.2 Å². The Kier molecular flexibility index (Phi) is 5.31. The molecule has 0 saturated carbocycles. The summed E-state index contributed by atoms with van der Waals surface area (Å²) >= 11 is 6.15. The summed E-state index contributed by atoms with van der Waals surface area (Å²) in [7, 11) is 0. The van der Waals surface area contributed by atoms with E-state index in [0.29, 0.717) is 35.3 Å². The van der Waals surface area contributed by atoms with Gasteiger partial charge in [0.25, 0.3) is 0 Å². The quantitative estimate of drug-likeness (QED) is 0.442. The molecule has 4 aromatic rings. The fourth-order valence-corrected chi connectivity index (χ4v) is 4.40. The third kappa shape index (κ3) is 3.94. The largest absolute Gasteiger partial charge is 0.294 e. The number of Topliss-reactive ketones (excluding diaryl/α,β-unsaturated/α-hetero) is 1. The van der Waals surface area contributed by atoms with Crippen LogP contribution in [0.25, 0.3) is 10.9 Å². The highest BCUT2D eigenvalue weighted by atomic mass is 35.5. The smallest absolute Gasteiger partial charge is 0.230 e. The molecule has 7 heteroatoms. The lowest BCUT2D eigenvalue weighted by Gasteiger charge is -2.23. The number of hydrogen-bond donors (Lipinski definition) is 1. The summed E-state index contributed by atoms with van der Waals surface area (Å²) in [6.07, 6.45) is 3.64. The van der Waals surface area contributed by atoms with Gasteiger partial charge >= 0.3 is 0 Å². The zero-order valence-electron chi connectivity index (χ0n) is 17.9. The van der Waals surface area contributed by atoms with Gasteiger partial charge in [0.05, 0.1) is 22.5 Å².